The lowest BCUT2D eigenvalue weighted by Crippen LogP contribution is -2.15. The fourth-order valence-electron chi connectivity index (χ4n) is 2.84. The number of hydrogen-bond donors (Lipinski definition) is 1. The molecule has 2 heterocycles. The molecule has 1 aromatic heterocycles. The summed E-state index contributed by atoms with van der Waals surface area (Å²) < 4.78 is 50.9. The molecule has 2 aromatic rings. The SMILES string of the molecule is Cn1c(C[C@H]2CCS(=O)(=O)C2)nnc1SCC(=O)Nc1ccc(F)c(F)c1. The number of sulfone groups is 1. The molecule has 0 spiro atoms. The van der Waals surface area contributed by atoms with Crippen LogP contribution < -0.4 is 5.32 Å². The number of nitrogens with zero attached hydrogens (tertiary/aromatic N) is 3. The predicted octanol–water partition coefficient (Wildman–Crippen LogP) is 1.80. The van der Waals surface area contributed by atoms with Crippen LogP contribution in [-0.4, -0.2) is 46.3 Å². The van der Waals surface area contributed by atoms with Crippen molar-refractivity contribution in [2.75, 3.05) is 22.6 Å². The molecule has 11 heteroatoms. The third-order valence-electron chi connectivity index (χ3n) is 4.26. The van der Waals surface area contributed by atoms with Gasteiger partial charge < -0.3 is 9.88 Å². The van der Waals surface area contributed by atoms with E-state index in [-0.39, 0.29) is 28.9 Å². The summed E-state index contributed by atoms with van der Waals surface area (Å²) in [5.74, 6) is -1.31. The first kappa shape index (κ1) is 19.7. The number of carbonyl (C=O) groups excluding carboxylic acids is 1. The van der Waals surface area contributed by atoms with E-state index in [1.54, 1.807) is 11.6 Å². The quantitative estimate of drug-likeness (QED) is 0.722. The highest BCUT2D eigenvalue weighted by atomic mass is 32.2. The smallest absolute Gasteiger partial charge is 0.234 e. The minimum atomic E-state index is -2.94. The van der Waals surface area contributed by atoms with Crippen LogP contribution in [0.3, 0.4) is 0 Å². The standard InChI is InChI=1S/C16H18F2N4O3S2/c1-22-14(6-10-4-5-27(24,25)9-10)20-21-16(22)26-8-15(23)19-11-2-3-12(17)13(18)7-11/h2-3,7,10H,4-6,8-9H2,1H3,(H,19,23)/t10-/m1/s1. The number of thioether (sulfide) groups is 1. The summed E-state index contributed by atoms with van der Waals surface area (Å²) in [7, 11) is -1.19. The molecule has 1 fully saturated rings. The summed E-state index contributed by atoms with van der Waals surface area (Å²) in [6, 6.07) is 3.13. The first-order valence-electron chi connectivity index (χ1n) is 8.20. The van der Waals surface area contributed by atoms with Crippen molar-refractivity contribution in [3.8, 4) is 0 Å². The molecule has 0 saturated carbocycles. The molecule has 0 bridgehead atoms. The predicted molar refractivity (Wildman–Crippen MR) is 97.2 cm³/mol. The lowest BCUT2D eigenvalue weighted by Gasteiger charge is -2.08. The molecule has 1 N–H and O–H groups in total. The molecule has 1 aromatic carbocycles. The van der Waals surface area contributed by atoms with Gasteiger partial charge in [0.05, 0.1) is 17.3 Å². The highest BCUT2D eigenvalue weighted by molar-refractivity contribution is 7.99. The number of hydrogen-bond acceptors (Lipinski definition) is 6. The van der Waals surface area contributed by atoms with Gasteiger partial charge in [0.25, 0.3) is 0 Å². The molecule has 1 amide bonds. The highest BCUT2D eigenvalue weighted by Gasteiger charge is 2.29. The topological polar surface area (TPSA) is 93.9 Å². The van der Waals surface area contributed by atoms with Gasteiger partial charge in [0, 0.05) is 25.2 Å². The van der Waals surface area contributed by atoms with Crippen LogP contribution in [0.1, 0.15) is 12.2 Å². The number of anilines is 1. The van der Waals surface area contributed by atoms with E-state index in [0.717, 1.165) is 23.9 Å². The molecule has 146 valence electrons. The number of carbonyl (C=O) groups is 1. The Labute approximate surface area is 159 Å². The molecular weight excluding hydrogens is 398 g/mol. The molecule has 27 heavy (non-hydrogen) atoms. The average molecular weight is 416 g/mol. The first-order chi connectivity index (χ1) is 12.7. The number of halogens is 2. The molecule has 1 saturated heterocycles. The number of rotatable bonds is 6. The Morgan fingerprint density at radius 2 is 2.11 bits per heavy atom. The second-order valence-corrected chi connectivity index (χ2v) is 9.57. The van der Waals surface area contributed by atoms with Crippen LogP contribution in [0, 0.1) is 17.6 Å². The van der Waals surface area contributed by atoms with Crippen LogP contribution in [0.2, 0.25) is 0 Å². The van der Waals surface area contributed by atoms with E-state index in [1.807, 2.05) is 0 Å². The zero-order chi connectivity index (χ0) is 19.6. The molecule has 0 aliphatic carbocycles. The van der Waals surface area contributed by atoms with Crippen molar-refractivity contribution >= 4 is 33.2 Å². The zero-order valence-corrected chi connectivity index (χ0v) is 16.1. The zero-order valence-electron chi connectivity index (χ0n) is 14.5. The summed E-state index contributed by atoms with van der Waals surface area (Å²) in [5, 5.41) is 11.1. The van der Waals surface area contributed by atoms with Gasteiger partial charge in [0.2, 0.25) is 5.91 Å². The summed E-state index contributed by atoms with van der Waals surface area (Å²) in [4.78, 5) is 12.0. The molecule has 1 aliphatic rings. The van der Waals surface area contributed by atoms with Crippen LogP contribution >= 0.6 is 11.8 Å². The van der Waals surface area contributed by atoms with Crippen LogP contribution in [0.4, 0.5) is 14.5 Å². The lowest BCUT2D eigenvalue weighted by molar-refractivity contribution is -0.113. The molecule has 7 nitrogen and oxygen atoms in total. The van der Waals surface area contributed by atoms with Crippen molar-refractivity contribution in [2.45, 2.75) is 18.0 Å². The van der Waals surface area contributed by atoms with Crippen molar-refractivity contribution in [1.29, 1.82) is 0 Å². The van der Waals surface area contributed by atoms with E-state index in [9.17, 15) is 22.0 Å². The van der Waals surface area contributed by atoms with E-state index >= 15 is 0 Å². The fourth-order valence-corrected chi connectivity index (χ4v) is 5.43. The van der Waals surface area contributed by atoms with E-state index < -0.39 is 27.4 Å². The number of benzene rings is 1. The van der Waals surface area contributed by atoms with Crippen molar-refractivity contribution in [2.24, 2.45) is 13.0 Å². The number of aromatic nitrogens is 3. The second kappa shape index (κ2) is 7.93. The highest BCUT2D eigenvalue weighted by Crippen LogP contribution is 2.24. The summed E-state index contributed by atoms with van der Waals surface area (Å²) in [5.41, 5.74) is 0.167. The molecule has 0 radical (unpaired) electrons. The van der Waals surface area contributed by atoms with E-state index in [4.69, 9.17) is 0 Å². The number of nitrogens with one attached hydrogen (secondary N) is 1. The average Bonchev–Trinajstić information content (AvgIpc) is 3.12. The van der Waals surface area contributed by atoms with Gasteiger partial charge in [-0.15, -0.1) is 10.2 Å². The van der Waals surface area contributed by atoms with Crippen LogP contribution in [0.25, 0.3) is 0 Å². The van der Waals surface area contributed by atoms with Gasteiger partial charge in [-0.2, -0.15) is 0 Å². The molecule has 1 aliphatic heterocycles. The Kier molecular flexibility index (Phi) is 5.80. The Bertz CT molecular complexity index is 963. The molecule has 0 unspecified atom stereocenters. The third-order valence-corrected chi connectivity index (χ3v) is 7.12. The molecule has 3 rings (SSSR count). The van der Waals surface area contributed by atoms with E-state index in [0.29, 0.717) is 23.8 Å². The summed E-state index contributed by atoms with van der Waals surface area (Å²) in [6.45, 7) is 0. The van der Waals surface area contributed by atoms with Gasteiger partial charge >= 0.3 is 0 Å². The summed E-state index contributed by atoms with van der Waals surface area (Å²) >= 11 is 1.15. The normalized spacial score (nSPS) is 18.6. The fraction of sp³-hybridized carbons (Fsp3) is 0.438. The Balaban J connectivity index is 1.54. The van der Waals surface area contributed by atoms with Crippen molar-refractivity contribution in [1.82, 2.24) is 14.8 Å². The van der Waals surface area contributed by atoms with Gasteiger partial charge in [-0.3, -0.25) is 4.79 Å². The Morgan fingerprint density at radius 1 is 1.33 bits per heavy atom. The Hall–Kier alpha value is -2.01. The van der Waals surface area contributed by atoms with Gasteiger partial charge in [0.15, 0.2) is 26.6 Å². The maximum atomic E-state index is 13.2. The van der Waals surface area contributed by atoms with Crippen molar-refractivity contribution in [3.05, 3.63) is 35.7 Å². The second-order valence-electron chi connectivity index (χ2n) is 6.40. The van der Waals surface area contributed by atoms with Gasteiger partial charge in [-0.1, -0.05) is 11.8 Å². The maximum absolute atomic E-state index is 13.2. The van der Waals surface area contributed by atoms with Crippen LogP contribution in [0.5, 0.6) is 0 Å². The Morgan fingerprint density at radius 3 is 2.78 bits per heavy atom. The van der Waals surface area contributed by atoms with Gasteiger partial charge in [-0.25, -0.2) is 17.2 Å². The van der Waals surface area contributed by atoms with Crippen LogP contribution in [0.15, 0.2) is 23.4 Å². The minimum absolute atomic E-state index is 0.0166. The first-order valence-corrected chi connectivity index (χ1v) is 11.0. The minimum Gasteiger partial charge on any atom is -0.325 e. The van der Waals surface area contributed by atoms with E-state index in [2.05, 4.69) is 15.5 Å². The summed E-state index contributed by atoms with van der Waals surface area (Å²) in [6.07, 6.45) is 1.14. The van der Waals surface area contributed by atoms with Gasteiger partial charge in [0.1, 0.15) is 5.82 Å². The van der Waals surface area contributed by atoms with E-state index in [1.165, 1.54) is 6.07 Å². The molecule has 1 atom stereocenters. The lowest BCUT2D eigenvalue weighted by atomic mass is 10.1. The number of amides is 1. The largest absolute Gasteiger partial charge is 0.325 e. The van der Waals surface area contributed by atoms with Gasteiger partial charge in [-0.05, 0) is 24.5 Å². The third kappa shape index (κ3) is 5.04. The van der Waals surface area contributed by atoms with Crippen LogP contribution in [-0.2, 0) is 28.1 Å². The maximum Gasteiger partial charge on any atom is 0.234 e. The molecular formula is C16H18F2N4O3S2. The van der Waals surface area contributed by atoms with Crippen molar-refractivity contribution < 1.29 is 22.0 Å². The van der Waals surface area contributed by atoms with Crippen molar-refractivity contribution in [3.63, 3.8) is 0 Å². The monoisotopic (exact) mass is 416 g/mol.